The van der Waals surface area contributed by atoms with E-state index in [1.807, 2.05) is 0 Å². The molecule has 1 aliphatic rings. The molecule has 21 heavy (non-hydrogen) atoms. The van der Waals surface area contributed by atoms with E-state index in [4.69, 9.17) is 23.2 Å². The summed E-state index contributed by atoms with van der Waals surface area (Å²) in [5.41, 5.74) is -0.895. The molecule has 0 unspecified atom stereocenters. The lowest BCUT2D eigenvalue weighted by Gasteiger charge is -2.38. The Balaban J connectivity index is 2.19. The average Bonchev–Trinajstić information content (AvgIpc) is 2.45. The molecule has 1 aliphatic carbocycles. The molecule has 0 saturated heterocycles. The van der Waals surface area contributed by atoms with Crippen molar-refractivity contribution in [2.45, 2.75) is 38.1 Å². The number of carbonyl (C=O) groups is 1. The summed E-state index contributed by atoms with van der Waals surface area (Å²) in [6.45, 7) is 2.15. The lowest BCUT2D eigenvalue weighted by molar-refractivity contribution is 0.0867. The number of benzene rings is 1. The van der Waals surface area contributed by atoms with Crippen LogP contribution in [0.3, 0.4) is 0 Å². The van der Waals surface area contributed by atoms with Gasteiger partial charge in [0.25, 0.3) is 5.91 Å². The molecule has 1 aromatic carbocycles. The van der Waals surface area contributed by atoms with Gasteiger partial charge in [0.15, 0.2) is 0 Å². The normalized spacial score (nSPS) is 25.7. The summed E-state index contributed by atoms with van der Waals surface area (Å²) < 4.78 is 27.2. The molecule has 0 heterocycles. The van der Waals surface area contributed by atoms with Crippen molar-refractivity contribution in [2.24, 2.45) is 5.92 Å². The molecule has 0 atom stereocenters. The van der Waals surface area contributed by atoms with Crippen LogP contribution in [0.5, 0.6) is 0 Å². The van der Waals surface area contributed by atoms with Crippen LogP contribution in [-0.4, -0.2) is 17.3 Å². The second-order valence-electron chi connectivity index (χ2n) is 5.80. The van der Waals surface area contributed by atoms with E-state index in [1.165, 1.54) is 0 Å². The number of nitrogens with one attached hydrogen (secondary N) is 1. The summed E-state index contributed by atoms with van der Waals surface area (Å²) in [5, 5.41) is 2.44. The van der Waals surface area contributed by atoms with Crippen molar-refractivity contribution < 1.29 is 13.6 Å². The highest BCUT2D eigenvalue weighted by Crippen LogP contribution is 2.33. The Labute approximate surface area is 132 Å². The van der Waals surface area contributed by atoms with Crippen molar-refractivity contribution in [3.8, 4) is 0 Å². The third-order valence-electron chi connectivity index (χ3n) is 4.12. The number of hydrogen-bond donors (Lipinski definition) is 1. The third kappa shape index (κ3) is 3.67. The fraction of sp³-hybridized carbons (Fsp3) is 0.533. The molecule has 1 amide bonds. The van der Waals surface area contributed by atoms with Crippen molar-refractivity contribution in [2.75, 3.05) is 5.88 Å². The zero-order valence-corrected chi connectivity index (χ0v) is 13.2. The van der Waals surface area contributed by atoms with Gasteiger partial charge in [-0.2, -0.15) is 0 Å². The Morgan fingerprint density at radius 1 is 1.33 bits per heavy atom. The van der Waals surface area contributed by atoms with Crippen LogP contribution < -0.4 is 5.32 Å². The predicted octanol–water partition coefficient (Wildman–Crippen LogP) is 4.54. The highest BCUT2D eigenvalue weighted by Gasteiger charge is 2.35. The molecular weight excluding hydrogens is 319 g/mol. The van der Waals surface area contributed by atoms with Crippen LogP contribution in [0.2, 0.25) is 5.02 Å². The van der Waals surface area contributed by atoms with Crippen molar-refractivity contribution in [3.63, 3.8) is 0 Å². The van der Waals surface area contributed by atoms with E-state index < -0.39 is 23.1 Å². The first-order chi connectivity index (χ1) is 9.87. The van der Waals surface area contributed by atoms with Crippen LogP contribution in [0.4, 0.5) is 8.78 Å². The molecule has 2 nitrogen and oxygen atoms in total. The maximum Gasteiger partial charge on any atom is 0.254 e. The summed E-state index contributed by atoms with van der Waals surface area (Å²) in [7, 11) is 0. The third-order valence-corrected chi connectivity index (χ3v) is 4.92. The van der Waals surface area contributed by atoms with Gasteiger partial charge in [0.1, 0.15) is 11.6 Å². The van der Waals surface area contributed by atoms with Crippen molar-refractivity contribution >= 4 is 29.1 Å². The SMILES string of the molecule is CC1CCC(CCl)(NC(=O)c2cc(F)c(Cl)cc2F)CC1. The smallest absolute Gasteiger partial charge is 0.254 e. The van der Waals surface area contributed by atoms with Crippen LogP contribution in [0.1, 0.15) is 43.0 Å². The van der Waals surface area contributed by atoms with Crippen LogP contribution in [0, 0.1) is 17.6 Å². The number of alkyl halides is 1. The van der Waals surface area contributed by atoms with Gasteiger partial charge in [-0.05, 0) is 43.7 Å². The van der Waals surface area contributed by atoms with Crippen LogP contribution >= 0.6 is 23.2 Å². The summed E-state index contributed by atoms with van der Waals surface area (Å²) in [6.07, 6.45) is 3.37. The van der Waals surface area contributed by atoms with Crippen LogP contribution in [0.25, 0.3) is 0 Å². The van der Waals surface area contributed by atoms with Gasteiger partial charge in [0, 0.05) is 5.88 Å². The van der Waals surface area contributed by atoms with Gasteiger partial charge in [-0.25, -0.2) is 8.78 Å². The zero-order valence-electron chi connectivity index (χ0n) is 11.7. The number of rotatable bonds is 3. The van der Waals surface area contributed by atoms with Crippen LogP contribution in [-0.2, 0) is 0 Å². The first-order valence-corrected chi connectivity index (χ1v) is 7.81. The van der Waals surface area contributed by atoms with Gasteiger partial charge in [-0.15, -0.1) is 11.6 Å². The van der Waals surface area contributed by atoms with E-state index in [0.717, 1.165) is 37.8 Å². The summed E-state index contributed by atoms with van der Waals surface area (Å²) in [4.78, 5) is 12.2. The summed E-state index contributed by atoms with van der Waals surface area (Å²) in [5.74, 6) is -1.47. The predicted molar refractivity (Wildman–Crippen MR) is 79.9 cm³/mol. The van der Waals surface area contributed by atoms with E-state index in [-0.39, 0.29) is 16.5 Å². The fourth-order valence-electron chi connectivity index (χ4n) is 2.61. The van der Waals surface area contributed by atoms with Gasteiger partial charge in [-0.3, -0.25) is 4.79 Å². The van der Waals surface area contributed by atoms with Gasteiger partial charge < -0.3 is 5.32 Å². The molecule has 6 heteroatoms. The van der Waals surface area contributed by atoms with E-state index in [2.05, 4.69) is 12.2 Å². The Morgan fingerprint density at radius 3 is 2.52 bits per heavy atom. The molecule has 116 valence electrons. The van der Waals surface area contributed by atoms with Crippen molar-refractivity contribution in [1.29, 1.82) is 0 Å². The minimum atomic E-state index is -0.840. The highest BCUT2D eigenvalue weighted by atomic mass is 35.5. The molecular formula is C15H17Cl2F2NO. The molecule has 1 saturated carbocycles. The minimum Gasteiger partial charge on any atom is -0.345 e. The maximum absolute atomic E-state index is 13.8. The molecule has 1 aromatic rings. The molecule has 0 aromatic heterocycles. The summed E-state index contributed by atoms with van der Waals surface area (Å²) >= 11 is 11.5. The number of halogens is 4. The molecule has 2 rings (SSSR count). The average molecular weight is 336 g/mol. The number of amides is 1. The van der Waals surface area contributed by atoms with Crippen molar-refractivity contribution in [3.05, 3.63) is 34.4 Å². The van der Waals surface area contributed by atoms with Gasteiger partial charge in [0.05, 0.1) is 16.1 Å². The molecule has 0 radical (unpaired) electrons. The Kier molecular flexibility index (Phi) is 5.10. The standard InChI is InChI=1S/C15H17Cl2F2NO/c1-9-2-4-15(8-16,5-3-9)20-14(21)10-6-13(19)11(17)7-12(10)18/h6-7,9H,2-5,8H2,1H3,(H,20,21). The van der Waals surface area contributed by atoms with Gasteiger partial charge >= 0.3 is 0 Å². The summed E-state index contributed by atoms with van der Waals surface area (Å²) in [6, 6.07) is 1.63. The first-order valence-electron chi connectivity index (χ1n) is 6.90. The lowest BCUT2D eigenvalue weighted by Crippen LogP contribution is -2.52. The van der Waals surface area contributed by atoms with E-state index in [1.54, 1.807) is 0 Å². The van der Waals surface area contributed by atoms with Crippen LogP contribution in [0.15, 0.2) is 12.1 Å². The van der Waals surface area contributed by atoms with Gasteiger partial charge in [0.2, 0.25) is 0 Å². The Hall–Kier alpha value is -0.870. The monoisotopic (exact) mass is 335 g/mol. The maximum atomic E-state index is 13.8. The highest BCUT2D eigenvalue weighted by molar-refractivity contribution is 6.30. The molecule has 1 fully saturated rings. The minimum absolute atomic E-state index is 0.253. The number of carbonyl (C=O) groups excluding carboxylic acids is 1. The van der Waals surface area contributed by atoms with Gasteiger partial charge in [-0.1, -0.05) is 18.5 Å². The second kappa shape index (κ2) is 6.49. The second-order valence-corrected chi connectivity index (χ2v) is 6.47. The molecule has 0 aliphatic heterocycles. The van der Waals surface area contributed by atoms with E-state index in [0.29, 0.717) is 5.92 Å². The van der Waals surface area contributed by atoms with Crippen molar-refractivity contribution in [1.82, 2.24) is 5.32 Å². The molecule has 0 spiro atoms. The Bertz CT molecular complexity index is 543. The first kappa shape index (κ1) is 16.5. The topological polar surface area (TPSA) is 29.1 Å². The van der Waals surface area contributed by atoms with E-state index >= 15 is 0 Å². The number of hydrogen-bond acceptors (Lipinski definition) is 1. The van der Waals surface area contributed by atoms with E-state index in [9.17, 15) is 13.6 Å². The largest absolute Gasteiger partial charge is 0.345 e. The molecule has 0 bridgehead atoms. The quantitative estimate of drug-likeness (QED) is 0.637. The zero-order chi connectivity index (χ0) is 15.6. The fourth-order valence-corrected chi connectivity index (χ4v) is 3.10. The molecule has 1 N–H and O–H groups in total. The Morgan fingerprint density at radius 2 is 1.95 bits per heavy atom. The lowest BCUT2D eigenvalue weighted by atomic mass is 9.78.